The monoisotopic (exact) mass is 247 g/mol. The van der Waals surface area contributed by atoms with Gasteiger partial charge in [-0.05, 0) is 30.7 Å². The summed E-state index contributed by atoms with van der Waals surface area (Å²) >= 11 is 0. The van der Waals surface area contributed by atoms with E-state index in [0.717, 1.165) is 13.0 Å². The molecule has 1 aliphatic heterocycles. The van der Waals surface area contributed by atoms with E-state index in [1.165, 1.54) is 0 Å². The second-order valence-electron chi connectivity index (χ2n) is 5.63. The zero-order valence-corrected chi connectivity index (χ0v) is 11.7. The van der Waals surface area contributed by atoms with E-state index < -0.39 is 9.84 Å². The van der Waals surface area contributed by atoms with Crippen LogP contribution in [0.15, 0.2) is 0 Å². The maximum absolute atomic E-state index is 11.5. The fourth-order valence-corrected chi connectivity index (χ4v) is 4.37. The Morgan fingerprint density at radius 3 is 2.25 bits per heavy atom. The minimum Gasteiger partial charge on any atom is -0.314 e. The summed E-state index contributed by atoms with van der Waals surface area (Å²) in [6.07, 6.45) is 0.852. The maximum atomic E-state index is 11.5. The van der Waals surface area contributed by atoms with Gasteiger partial charge in [0.1, 0.15) is 0 Å². The molecule has 2 atom stereocenters. The second-order valence-corrected chi connectivity index (χ2v) is 7.86. The third-order valence-corrected chi connectivity index (χ3v) is 5.28. The highest BCUT2D eigenvalue weighted by atomic mass is 32.2. The minimum atomic E-state index is -2.74. The van der Waals surface area contributed by atoms with Crippen LogP contribution < -0.4 is 5.32 Å². The lowest BCUT2D eigenvalue weighted by Crippen LogP contribution is -2.35. The van der Waals surface area contributed by atoms with Gasteiger partial charge in [-0.2, -0.15) is 0 Å². The zero-order chi connectivity index (χ0) is 12.3. The smallest absolute Gasteiger partial charge is 0.150 e. The van der Waals surface area contributed by atoms with Crippen molar-refractivity contribution in [2.45, 2.75) is 40.2 Å². The van der Waals surface area contributed by atoms with Crippen LogP contribution in [0.3, 0.4) is 0 Å². The summed E-state index contributed by atoms with van der Waals surface area (Å²) in [7, 11) is -2.74. The van der Waals surface area contributed by atoms with E-state index in [2.05, 4.69) is 33.0 Å². The Labute approximate surface area is 99.9 Å². The molecule has 0 amide bonds. The van der Waals surface area contributed by atoms with Crippen molar-refractivity contribution in [2.24, 2.45) is 17.8 Å². The van der Waals surface area contributed by atoms with Gasteiger partial charge in [0.25, 0.3) is 0 Å². The molecule has 0 saturated carbocycles. The normalized spacial score (nSPS) is 26.5. The number of hydrogen-bond acceptors (Lipinski definition) is 3. The van der Waals surface area contributed by atoms with Gasteiger partial charge in [0.2, 0.25) is 0 Å². The molecule has 0 radical (unpaired) electrons. The summed E-state index contributed by atoms with van der Waals surface area (Å²) in [5.41, 5.74) is 0. The molecule has 1 N–H and O–H groups in total. The molecule has 0 aliphatic carbocycles. The summed E-state index contributed by atoms with van der Waals surface area (Å²) in [4.78, 5) is 0. The Hall–Kier alpha value is -0.0900. The molecule has 2 unspecified atom stereocenters. The standard InChI is InChI=1S/C12H25NO2S/c1-9(2)12(7-13-10(3)4)11-5-6-16(14,15)8-11/h9-13H,5-8H2,1-4H3. The molecule has 1 heterocycles. The van der Waals surface area contributed by atoms with E-state index in [-0.39, 0.29) is 0 Å². The number of rotatable bonds is 5. The van der Waals surface area contributed by atoms with Gasteiger partial charge in [0, 0.05) is 6.04 Å². The highest BCUT2D eigenvalue weighted by Crippen LogP contribution is 2.30. The van der Waals surface area contributed by atoms with E-state index in [1.807, 2.05) is 0 Å². The van der Waals surface area contributed by atoms with Crippen LogP contribution in [0.4, 0.5) is 0 Å². The Bertz CT molecular complexity index is 309. The molecule has 0 spiro atoms. The lowest BCUT2D eigenvalue weighted by atomic mass is 9.83. The predicted molar refractivity (Wildman–Crippen MR) is 68.2 cm³/mol. The minimum absolute atomic E-state index is 0.358. The first-order valence-corrected chi connectivity index (χ1v) is 8.08. The van der Waals surface area contributed by atoms with E-state index in [0.29, 0.717) is 35.3 Å². The van der Waals surface area contributed by atoms with Crippen LogP contribution in [0.5, 0.6) is 0 Å². The molecule has 0 aromatic rings. The van der Waals surface area contributed by atoms with E-state index in [1.54, 1.807) is 0 Å². The van der Waals surface area contributed by atoms with Crippen molar-refractivity contribution in [1.29, 1.82) is 0 Å². The lowest BCUT2D eigenvalue weighted by Gasteiger charge is -2.27. The summed E-state index contributed by atoms with van der Waals surface area (Å²) in [5.74, 6) is 2.18. The predicted octanol–water partition coefficient (Wildman–Crippen LogP) is 1.69. The van der Waals surface area contributed by atoms with Gasteiger partial charge in [0.05, 0.1) is 11.5 Å². The van der Waals surface area contributed by atoms with Crippen molar-refractivity contribution in [3.05, 3.63) is 0 Å². The molecule has 1 saturated heterocycles. The van der Waals surface area contributed by atoms with Gasteiger partial charge in [-0.1, -0.05) is 27.7 Å². The number of sulfone groups is 1. The summed E-state index contributed by atoms with van der Waals surface area (Å²) in [5, 5.41) is 3.44. The van der Waals surface area contributed by atoms with Crippen molar-refractivity contribution in [2.75, 3.05) is 18.1 Å². The molecule has 1 fully saturated rings. The van der Waals surface area contributed by atoms with Crippen molar-refractivity contribution in [3.63, 3.8) is 0 Å². The quantitative estimate of drug-likeness (QED) is 0.804. The molecule has 0 bridgehead atoms. The molecule has 16 heavy (non-hydrogen) atoms. The Morgan fingerprint density at radius 1 is 1.25 bits per heavy atom. The van der Waals surface area contributed by atoms with Crippen LogP contribution in [0.2, 0.25) is 0 Å². The van der Waals surface area contributed by atoms with Crippen LogP contribution in [0.25, 0.3) is 0 Å². The van der Waals surface area contributed by atoms with E-state index in [4.69, 9.17) is 0 Å². The number of hydrogen-bond donors (Lipinski definition) is 1. The van der Waals surface area contributed by atoms with E-state index >= 15 is 0 Å². The maximum Gasteiger partial charge on any atom is 0.150 e. The van der Waals surface area contributed by atoms with Crippen molar-refractivity contribution >= 4 is 9.84 Å². The van der Waals surface area contributed by atoms with Crippen molar-refractivity contribution in [1.82, 2.24) is 5.32 Å². The van der Waals surface area contributed by atoms with Crippen LogP contribution in [-0.2, 0) is 9.84 Å². The van der Waals surface area contributed by atoms with Gasteiger partial charge in [-0.3, -0.25) is 0 Å². The van der Waals surface area contributed by atoms with Gasteiger partial charge < -0.3 is 5.32 Å². The van der Waals surface area contributed by atoms with Crippen LogP contribution >= 0.6 is 0 Å². The first-order valence-electron chi connectivity index (χ1n) is 6.25. The molecule has 4 heteroatoms. The molecule has 0 aromatic carbocycles. The summed E-state index contributed by atoms with van der Waals surface area (Å²) < 4.78 is 23.0. The Kier molecular flexibility index (Phi) is 4.80. The van der Waals surface area contributed by atoms with Crippen molar-refractivity contribution < 1.29 is 8.42 Å². The first-order chi connectivity index (χ1) is 7.32. The Balaban J connectivity index is 2.58. The average molecular weight is 247 g/mol. The van der Waals surface area contributed by atoms with Crippen LogP contribution in [-0.4, -0.2) is 32.5 Å². The zero-order valence-electron chi connectivity index (χ0n) is 10.9. The molecule has 96 valence electrons. The van der Waals surface area contributed by atoms with Crippen molar-refractivity contribution in [3.8, 4) is 0 Å². The molecule has 0 aromatic heterocycles. The van der Waals surface area contributed by atoms with E-state index in [9.17, 15) is 8.42 Å². The largest absolute Gasteiger partial charge is 0.314 e. The van der Waals surface area contributed by atoms with Gasteiger partial charge in [-0.15, -0.1) is 0 Å². The first kappa shape index (κ1) is 14.0. The molecular weight excluding hydrogens is 222 g/mol. The molecular formula is C12H25NO2S. The summed E-state index contributed by atoms with van der Waals surface area (Å²) in [6, 6.07) is 0.472. The fraction of sp³-hybridized carbons (Fsp3) is 1.00. The van der Waals surface area contributed by atoms with Gasteiger partial charge >= 0.3 is 0 Å². The van der Waals surface area contributed by atoms with Crippen LogP contribution in [0, 0.1) is 17.8 Å². The SMILES string of the molecule is CC(C)NCC(C(C)C)C1CCS(=O)(=O)C1. The lowest BCUT2D eigenvalue weighted by molar-refractivity contribution is 0.258. The number of nitrogens with one attached hydrogen (secondary N) is 1. The summed E-state index contributed by atoms with van der Waals surface area (Å²) in [6.45, 7) is 9.58. The molecule has 3 nitrogen and oxygen atoms in total. The highest BCUT2D eigenvalue weighted by molar-refractivity contribution is 7.91. The molecule has 1 aliphatic rings. The fourth-order valence-electron chi connectivity index (χ4n) is 2.48. The Morgan fingerprint density at radius 2 is 1.88 bits per heavy atom. The topological polar surface area (TPSA) is 46.2 Å². The average Bonchev–Trinajstić information content (AvgIpc) is 2.45. The highest BCUT2D eigenvalue weighted by Gasteiger charge is 2.34. The third-order valence-electron chi connectivity index (χ3n) is 3.49. The third kappa shape index (κ3) is 4.06. The van der Waals surface area contributed by atoms with Gasteiger partial charge in [-0.25, -0.2) is 8.42 Å². The van der Waals surface area contributed by atoms with Crippen LogP contribution in [0.1, 0.15) is 34.1 Å². The van der Waals surface area contributed by atoms with Gasteiger partial charge in [0.15, 0.2) is 9.84 Å². The second kappa shape index (κ2) is 5.50. The molecule has 1 rings (SSSR count).